The summed E-state index contributed by atoms with van der Waals surface area (Å²) < 4.78 is 0. The van der Waals surface area contributed by atoms with E-state index in [4.69, 9.17) is 0 Å². The number of nitrogens with zero attached hydrogens (tertiary/aromatic N) is 3. The lowest BCUT2D eigenvalue weighted by atomic mass is 9.96. The second kappa shape index (κ2) is 7.90. The first-order valence-corrected chi connectivity index (χ1v) is 12.9. The number of carbonyl (C=O) groups is 2. The number of aromatic amines is 1. The standard InChI is InChI=1S/C26H33N5O2S/c1-14-11-17-18(12-15(14)2)29-24(28-17)30-21(32)19-13-34-22(27-19)16-7-9-31(10-8-16)23(33)20-25(3,4)26(20,5)6/h11-13,16,20H,7-10H2,1-6H3,(H2,28,29,30,32). The van der Waals surface area contributed by atoms with Crippen LogP contribution in [-0.2, 0) is 4.79 Å². The van der Waals surface area contributed by atoms with Crippen LogP contribution in [0.4, 0.5) is 5.95 Å². The van der Waals surface area contributed by atoms with Gasteiger partial charge in [-0.15, -0.1) is 11.3 Å². The SMILES string of the molecule is Cc1cc2nc(NC(=O)c3csc(C4CCN(C(=O)C5C(C)(C)C5(C)C)CC4)n3)[nH]c2cc1C. The van der Waals surface area contributed by atoms with Crippen LogP contribution in [0.2, 0.25) is 0 Å². The summed E-state index contributed by atoms with van der Waals surface area (Å²) in [7, 11) is 0. The quantitative estimate of drug-likeness (QED) is 0.533. The van der Waals surface area contributed by atoms with Gasteiger partial charge in [-0.1, -0.05) is 27.7 Å². The summed E-state index contributed by atoms with van der Waals surface area (Å²) in [5, 5.41) is 5.63. The maximum atomic E-state index is 13.1. The number of aryl methyl sites for hydroxylation is 2. The highest BCUT2D eigenvalue weighted by Crippen LogP contribution is 2.68. The van der Waals surface area contributed by atoms with E-state index in [2.05, 4.69) is 54.9 Å². The van der Waals surface area contributed by atoms with E-state index in [0.29, 0.717) is 17.5 Å². The van der Waals surface area contributed by atoms with Gasteiger partial charge in [-0.2, -0.15) is 0 Å². The molecular weight excluding hydrogens is 446 g/mol. The number of nitrogens with one attached hydrogen (secondary N) is 2. The molecule has 2 amide bonds. The van der Waals surface area contributed by atoms with Gasteiger partial charge in [0.2, 0.25) is 11.9 Å². The van der Waals surface area contributed by atoms with Crippen molar-refractivity contribution in [1.82, 2.24) is 19.9 Å². The number of fused-ring (bicyclic) bond motifs is 1. The number of anilines is 1. The van der Waals surface area contributed by atoms with Crippen molar-refractivity contribution in [3.8, 4) is 0 Å². The van der Waals surface area contributed by atoms with Crippen molar-refractivity contribution in [3.05, 3.63) is 39.3 Å². The molecule has 1 aliphatic carbocycles. The minimum atomic E-state index is -0.263. The van der Waals surface area contributed by atoms with Crippen LogP contribution in [-0.4, -0.2) is 44.8 Å². The van der Waals surface area contributed by atoms with Crippen LogP contribution in [0.15, 0.2) is 17.5 Å². The Hall–Kier alpha value is -2.74. The van der Waals surface area contributed by atoms with E-state index in [9.17, 15) is 9.59 Å². The predicted molar refractivity (Wildman–Crippen MR) is 135 cm³/mol. The molecule has 2 aromatic heterocycles. The van der Waals surface area contributed by atoms with Crippen molar-refractivity contribution in [2.24, 2.45) is 16.7 Å². The lowest BCUT2D eigenvalue weighted by Gasteiger charge is -2.31. The molecule has 0 spiro atoms. The lowest BCUT2D eigenvalue weighted by Crippen LogP contribution is -2.39. The number of likely N-dealkylation sites (tertiary alicyclic amines) is 1. The largest absolute Gasteiger partial charge is 0.342 e. The zero-order chi connectivity index (χ0) is 24.4. The third-order valence-electron chi connectivity index (χ3n) is 8.51. The van der Waals surface area contributed by atoms with E-state index in [1.807, 2.05) is 29.3 Å². The van der Waals surface area contributed by atoms with E-state index in [1.54, 1.807) is 0 Å². The van der Waals surface area contributed by atoms with Gasteiger partial charge in [0.25, 0.3) is 5.91 Å². The summed E-state index contributed by atoms with van der Waals surface area (Å²) in [5.41, 5.74) is 4.61. The molecule has 1 saturated carbocycles. The number of piperidine rings is 1. The Morgan fingerprint density at radius 1 is 1.06 bits per heavy atom. The summed E-state index contributed by atoms with van der Waals surface area (Å²) in [5.74, 6) is 0.854. The molecule has 7 nitrogen and oxygen atoms in total. The van der Waals surface area contributed by atoms with Crippen molar-refractivity contribution in [1.29, 1.82) is 0 Å². The van der Waals surface area contributed by atoms with Crippen LogP contribution >= 0.6 is 11.3 Å². The second-order valence-corrected chi connectivity index (χ2v) is 11.9. The highest BCUT2D eigenvalue weighted by Gasteiger charge is 2.68. The van der Waals surface area contributed by atoms with Gasteiger partial charge in [0, 0.05) is 30.3 Å². The average Bonchev–Trinajstić information content (AvgIpc) is 3.22. The molecule has 34 heavy (non-hydrogen) atoms. The first-order chi connectivity index (χ1) is 16.0. The molecule has 0 radical (unpaired) electrons. The lowest BCUT2D eigenvalue weighted by molar-refractivity contribution is -0.134. The summed E-state index contributed by atoms with van der Waals surface area (Å²) in [6.45, 7) is 14.4. The molecule has 1 aromatic carbocycles. The van der Waals surface area contributed by atoms with Crippen LogP contribution in [0.3, 0.4) is 0 Å². The summed E-state index contributed by atoms with van der Waals surface area (Å²) in [6, 6.07) is 4.05. The Morgan fingerprint density at radius 2 is 1.71 bits per heavy atom. The number of imidazole rings is 1. The molecule has 0 unspecified atom stereocenters. The normalized spacial score (nSPS) is 20.0. The van der Waals surface area contributed by atoms with Gasteiger partial charge in [-0.3, -0.25) is 14.9 Å². The fourth-order valence-corrected chi connectivity index (χ4v) is 6.39. The Labute approximate surface area is 204 Å². The van der Waals surface area contributed by atoms with Crippen molar-refractivity contribution in [2.75, 3.05) is 18.4 Å². The molecule has 0 bridgehead atoms. The summed E-state index contributed by atoms with van der Waals surface area (Å²) >= 11 is 1.53. The van der Waals surface area contributed by atoms with E-state index in [0.717, 1.165) is 42.0 Å². The number of amides is 2. The van der Waals surface area contributed by atoms with Gasteiger partial charge in [0.15, 0.2) is 0 Å². The van der Waals surface area contributed by atoms with Crippen molar-refractivity contribution >= 4 is 40.1 Å². The molecule has 2 N–H and O–H groups in total. The van der Waals surface area contributed by atoms with Crippen molar-refractivity contribution in [2.45, 2.75) is 60.3 Å². The van der Waals surface area contributed by atoms with E-state index < -0.39 is 0 Å². The van der Waals surface area contributed by atoms with Crippen LogP contribution in [0.5, 0.6) is 0 Å². The molecule has 0 atom stereocenters. The summed E-state index contributed by atoms with van der Waals surface area (Å²) in [6.07, 6.45) is 1.77. The summed E-state index contributed by atoms with van der Waals surface area (Å²) in [4.78, 5) is 40.2. The monoisotopic (exact) mass is 479 g/mol. The zero-order valence-electron chi connectivity index (χ0n) is 20.8. The van der Waals surface area contributed by atoms with Crippen molar-refractivity contribution in [3.63, 3.8) is 0 Å². The Kier molecular flexibility index (Phi) is 5.35. The van der Waals surface area contributed by atoms with Gasteiger partial charge in [-0.05, 0) is 60.8 Å². The highest BCUT2D eigenvalue weighted by atomic mass is 32.1. The molecule has 3 heterocycles. The fraction of sp³-hybridized carbons (Fsp3) is 0.538. The number of carbonyl (C=O) groups excluding carboxylic acids is 2. The van der Waals surface area contributed by atoms with E-state index in [-0.39, 0.29) is 28.6 Å². The van der Waals surface area contributed by atoms with E-state index in [1.165, 1.54) is 22.5 Å². The molecule has 3 aromatic rings. The third-order valence-corrected chi connectivity index (χ3v) is 9.51. The Morgan fingerprint density at radius 3 is 2.35 bits per heavy atom. The first-order valence-electron chi connectivity index (χ1n) is 12.0. The molecule has 8 heteroatoms. The first kappa shape index (κ1) is 23.0. The van der Waals surface area contributed by atoms with Gasteiger partial charge in [0.1, 0.15) is 5.69 Å². The van der Waals surface area contributed by atoms with Crippen LogP contribution < -0.4 is 5.32 Å². The molecule has 5 rings (SSSR count). The second-order valence-electron chi connectivity index (χ2n) is 11.0. The van der Waals surface area contributed by atoms with Gasteiger partial charge in [-0.25, -0.2) is 9.97 Å². The third kappa shape index (κ3) is 3.72. The number of aromatic nitrogens is 3. The van der Waals surface area contributed by atoms with Crippen molar-refractivity contribution < 1.29 is 9.59 Å². The fourth-order valence-electron chi connectivity index (χ4n) is 5.42. The van der Waals surface area contributed by atoms with Gasteiger partial charge >= 0.3 is 0 Å². The molecule has 180 valence electrons. The number of benzene rings is 1. The van der Waals surface area contributed by atoms with Gasteiger partial charge < -0.3 is 9.88 Å². The number of rotatable bonds is 4. The molecule has 1 aliphatic heterocycles. The zero-order valence-corrected chi connectivity index (χ0v) is 21.6. The average molecular weight is 480 g/mol. The highest BCUT2D eigenvalue weighted by molar-refractivity contribution is 7.10. The van der Waals surface area contributed by atoms with E-state index >= 15 is 0 Å². The van der Waals surface area contributed by atoms with Crippen LogP contribution in [0.25, 0.3) is 11.0 Å². The van der Waals surface area contributed by atoms with Crippen LogP contribution in [0, 0.1) is 30.6 Å². The minimum Gasteiger partial charge on any atom is -0.342 e. The molecule has 1 saturated heterocycles. The number of hydrogen-bond donors (Lipinski definition) is 2. The maximum Gasteiger partial charge on any atom is 0.277 e. The molecular formula is C26H33N5O2S. The number of thiazole rings is 1. The van der Waals surface area contributed by atoms with Crippen LogP contribution in [0.1, 0.15) is 73.1 Å². The predicted octanol–water partition coefficient (Wildman–Crippen LogP) is 5.28. The minimum absolute atomic E-state index is 0.0655. The van der Waals surface area contributed by atoms with Gasteiger partial charge in [0.05, 0.1) is 16.0 Å². The maximum absolute atomic E-state index is 13.1. The molecule has 2 fully saturated rings. The number of hydrogen-bond acceptors (Lipinski definition) is 5. The Balaban J connectivity index is 1.20. The molecule has 2 aliphatic rings. The topological polar surface area (TPSA) is 91.0 Å². The number of H-pyrrole nitrogens is 1. The smallest absolute Gasteiger partial charge is 0.277 e. The Bertz CT molecular complexity index is 1230.